The molecule has 8 nitrogen and oxygen atoms in total. The molecule has 0 saturated carbocycles. The average molecular weight is 427 g/mol. The number of nitrogens with zero attached hydrogens (tertiary/aromatic N) is 3. The van der Waals surface area contributed by atoms with Gasteiger partial charge in [0.15, 0.2) is 0 Å². The zero-order valence-corrected chi connectivity index (χ0v) is 17.1. The third-order valence-corrected chi connectivity index (χ3v) is 6.14. The quantitative estimate of drug-likeness (QED) is 0.728. The summed E-state index contributed by atoms with van der Waals surface area (Å²) in [5.74, 6) is 0.273. The van der Waals surface area contributed by atoms with Gasteiger partial charge in [-0.2, -0.15) is 5.10 Å². The molecule has 0 radical (unpaired) electrons. The molecule has 0 atom stereocenters. The second kappa shape index (κ2) is 8.93. The Morgan fingerprint density at radius 1 is 1.36 bits per heavy atom. The van der Waals surface area contributed by atoms with Gasteiger partial charge in [0.2, 0.25) is 10.0 Å². The highest BCUT2D eigenvalue weighted by atomic mass is 35.5. The number of hydrogen-bond donors (Lipinski definition) is 1. The summed E-state index contributed by atoms with van der Waals surface area (Å²) in [7, 11) is -3.17. The van der Waals surface area contributed by atoms with Gasteiger partial charge in [-0.25, -0.2) is 12.7 Å². The van der Waals surface area contributed by atoms with Crippen molar-refractivity contribution in [2.24, 2.45) is 0 Å². The number of nitrogens with one attached hydrogen (secondary N) is 1. The van der Waals surface area contributed by atoms with Crippen molar-refractivity contribution >= 4 is 27.5 Å². The van der Waals surface area contributed by atoms with E-state index < -0.39 is 10.0 Å². The molecule has 1 aliphatic heterocycles. The van der Waals surface area contributed by atoms with Crippen molar-refractivity contribution in [3.8, 4) is 5.75 Å². The zero-order chi connectivity index (χ0) is 20.1. The monoisotopic (exact) mass is 426 g/mol. The first-order valence-corrected chi connectivity index (χ1v) is 11.2. The molecule has 1 aliphatic rings. The fourth-order valence-corrected chi connectivity index (χ4v) is 4.12. The van der Waals surface area contributed by atoms with E-state index in [1.54, 1.807) is 29.1 Å². The van der Waals surface area contributed by atoms with Crippen molar-refractivity contribution in [2.75, 3.05) is 25.9 Å². The number of aromatic nitrogens is 2. The number of amides is 1. The lowest BCUT2D eigenvalue weighted by atomic mass is 10.1. The van der Waals surface area contributed by atoms with Crippen molar-refractivity contribution in [2.45, 2.75) is 25.5 Å². The van der Waals surface area contributed by atoms with Gasteiger partial charge in [0.25, 0.3) is 5.91 Å². The molecule has 0 unspecified atom stereocenters. The molecule has 2 aromatic rings. The van der Waals surface area contributed by atoms with Crippen LogP contribution in [0.1, 0.15) is 23.2 Å². The Morgan fingerprint density at radius 3 is 2.71 bits per heavy atom. The first kappa shape index (κ1) is 20.6. The van der Waals surface area contributed by atoms with Crippen LogP contribution < -0.4 is 10.1 Å². The molecule has 1 amide bonds. The molecule has 1 aromatic carbocycles. The van der Waals surface area contributed by atoms with E-state index >= 15 is 0 Å². The molecule has 152 valence electrons. The van der Waals surface area contributed by atoms with Crippen LogP contribution in [0.3, 0.4) is 0 Å². The second-order valence-corrected chi connectivity index (χ2v) is 9.04. The minimum Gasteiger partial charge on any atom is -0.489 e. The van der Waals surface area contributed by atoms with E-state index in [9.17, 15) is 13.2 Å². The van der Waals surface area contributed by atoms with Gasteiger partial charge in [0.05, 0.1) is 17.8 Å². The number of carbonyl (C=O) groups excluding carboxylic acids is 1. The molecule has 28 heavy (non-hydrogen) atoms. The van der Waals surface area contributed by atoms with E-state index in [0.717, 1.165) is 0 Å². The number of benzene rings is 1. The molecule has 1 aromatic heterocycles. The van der Waals surface area contributed by atoms with Crippen LogP contribution in [0, 0.1) is 0 Å². The Kier molecular flexibility index (Phi) is 6.58. The topological polar surface area (TPSA) is 93.5 Å². The Labute approximate surface area is 169 Å². The van der Waals surface area contributed by atoms with Crippen LogP contribution in [-0.2, 0) is 16.6 Å². The summed E-state index contributed by atoms with van der Waals surface area (Å²) >= 11 is 6.28. The van der Waals surface area contributed by atoms with E-state index in [1.165, 1.54) is 10.6 Å². The van der Waals surface area contributed by atoms with Crippen LogP contribution in [0.4, 0.5) is 0 Å². The van der Waals surface area contributed by atoms with Gasteiger partial charge in [-0.15, -0.1) is 0 Å². The fraction of sp³-hybridized carbons (Fsp3) is 0.444. The second-order valence-electron chi connectivity index (χ2n) is 6.65. The maximum absolute atomic E-state index is 12.3. The predicted molar refractivity (Wildman–Crippen MR) is 106 cm³/mol. The van der Waals surface area contributed by atoms with Crippen LogP contribution >= 0.6 is 11.6 Å². The SMILES string of the molecule is CS(=O)(=O)N1CCC(Oc2ccc(C(=O)NCCn3cccn3)cc2Cl)CC1. The van der Waals surface area contributed by atoms with Crippen molar-refractivity contribution in [1.29, 1.82) is 0 Å². The third kappa shape index (κ3) is 5.46. The average Bonchev–Trinajstić information content (AvgIpc) is 3.16. The van der Waals surface area contributed by atoms with E-state index in [2.05, 4.69) is 10.4 Å². The van der Waals surface area contributed by atoms with Crippen molar-refractivity contribution in [3.63, 3.8) is 0 Å². The van der Waals surface area contributed by atoms with Crippen LogP contribution in [0.5, 0.6) is 5.75 Å². The van der Waals surface area contributed by atoms with Crippen molar-refractivity contribution < 1.29 is 17.9 Å². The van der Waals surface area contributed by atoms with Gasteiger partial charge >= 0.3 is 0 Å². The number of ether oxygens (including phenoxy) is 1. The molecular formula is C18H23ClN4O4S. The molecule has 2 heterocycles. The van der Waals surface area contributed by atoms with E-state index in [0.29, 0.717) is 55.4 Å². The van der Waals surface area contributed by atoms with Gasteiger partial charge in [-0.05, 0) is 37.1 Å². The maximum atomic E-state index is 12.3. The lowest BCUT2D eigenvalue weighted by molar-refractivity contribution is 0.0952. The summed E-state index contributed by atoms with van der Waals surface area (Å²) in [5.41, 5.74) is 0.449. The molecule has 3 rings (SSSR count). The zero-order valence-electron chi connectivity index (χ0n) is 15.5. The standard InChI is InChI=1S/C18H23ClN4O4S/c1-28(25,26)23-10-5-15(6-11-23)27-17-4-3-14(13-16(17)19)18(24)20-8-12-22-9-2-7-21-22/h2-4,7,9,13,15H,5-6,8,10-12H2,1H3,(H,20,24). The summed E-state index contributed by atoms with van der Waals surface area (Å²) in [4.78, 5) is 12.3. The van der Waals surface area contributed by atoms with Crippen LogP contribution in [0.25, 0.3) is 0 Å². The number of halogens is 1. The molecule has 1 fully saturated rings. The van der Waals surface area contributed by atoms with Crippen LogP contribution in [0.2, 0.25) is 5.02 Å². The lowest BCUT2D eigenvalue weighted by Crippen LogP contribution is -2.41. The molecular weight excluding hydrogens is 404 g/mol. The highest BCUT2D eigenvalue weighted by Crippen LogP contribution is 2.28. The third-order valence-electron chi connectivity index (χ3n) is 4.54. The van der Waals surface area contributed by atoms with Gasteiger partial charge in [0.1, 0.15) is 11.9 Å². The Morgan fingerprint density at radius 2 is 2.11 bits per heavy atom. The number of hydrogen-bond acceptors (Lipinski definition) is 5. The molecule has 0 bridgehead atoms. The largest absolute Gasteiger partial charge is 0.489 e. The number of sulfonamides is 1. The molecule has 10 heteroatoms. The predicted octanol–water partition coefficient (Wildman–Crippen LogP) is 1.77. The minimum atomic E-state index is -3.17. The van der Waals surface area contributed by atoms with Gasteiger partial charge in [0, 0.05) is 37.6 Å². The number of rotatable bonds is 7. The van der Waals surface area contributed by atoms with Crippen LogP contribution in [-0.4, -0.2) is 60.4 Å². The Hall–Kier alpha value is -2.10. The molecule has 0 spiro atoms. The fourth-order valence-electron chi connectivity index (χ4n) is 3.02. The summed E-state index contributed by atoms with van der Waals surface area (Å²) < 4.78 is 32.2. The summed E-state index contributed by atoms with van der Waals surface area (Å²) in [6.07, 6.45) is 5.81. The van der Waals surface area contributed by atoms with Gasteiger partial charge < -0.3 is 10.1 Å². The van der Waals surface area contributed by atoms with Crippen molar-refractivity contribution in [3.05, 3.63) is 47.2 Å². The molecule has 1 saturated heterocycles. The summed E-state index contributed by atoms with van der Waals surface area (Å²) in [5, 5.41) is 7.25. The molecule has 0 aliphatic carbocycles. The number of piperidine rings is 1. The highest BCUT2D eigenvalue weighted by molar-refractivity contribution is 7.88. The smallest absolute Gasteiger partial charge is 0.251 e. The van der Waals surface area contributed by atoms with E-state index in [1.807, 2.05) is 12.3 Å². The Balaban J connectivity index is 1.51. The first-order chi connectivity index (χ1) is 13.3. The minimum absolute atomic E-state index is 0.107. The first-order valence-electron chi connectivity index (χ1n) is 9.00. The summed E-state index contributed by atoms with van der Waals surface area (Å²) in [6, 6.07) is 6.74. The van der Waals surface area contributed by atoms with Gasteiger partial charge in [-0.3, -0.25) is 9.48 Å². The van der Waals surface area contributed by atoms with E-state index in [4.69, 9.17) is 16.3 Å². The highest BCUT2D eigenvalue weighted by Gasteiger charge is 2.26. The summed E-state index contributed by atoms with van der Waals surface area (Å²) in [6.45, 7) is 1.89. The lowest BCUT2D eigenvalue weighted by Gasteiger charge is -2.30. The van der Waals surface area contributed by atoms with Gasteiger partial charge in [-0.1, -0.05) is 11.6 Å². The van der Waals surface area contributed by atoms with E-state index in [-0.39, 0.29) is 12.0 Å². The normalized spacial score (nSPS) is 16.1. The Bertz CT molecular complexity index is 910. The van der Waals surface area contributed by atoms with Crippen molar-refractivity contribution in [1.82, 2.24) is 19.4 Å². The number of carbonyl (C=O) groups is 1. The van der Waals surface area contributed by atoms with Crippen LogP contribution in [0.15, 0.2) is 36.7 Å². The maximum Gasteiger partial charge on any atom is 0.251 e. The molecule has 1 N–H and O–H groups in total.